The van der Waals surface area contributed by atoms with Gasteiger partial charge in [0.1, 0.15) is 5.82 Å². The SMILES string of the molecule is CCCNc1nc(C)cc(N(CCO)C2CCCCC2)n1. The normalized spacial score (nSPS) is 16.0. The van der Waals surface area contributed by atoms with Crippen molar-refractivity contribution in [3.8, 4) is 0 Å². The van der Waals surface area contributed by atoms with Gasteiger partial charge in [0.05, 0.1) is 6.61 Å². The van der Waals surface area contributed by atoms with Gasteiger partial charge < -0.3 is 15.3 Å². The lowest BCUT2D eigenvalue weighted by Crippen LogP contribution is -2.39. The Bertz CT molecular complexity index is 432. The number of hydrogen-bond acceptors (Lipinski definition) is 5. The molecule has 2 rings (SSSR count). The summed E-state index contributed by atoms with van der Waals surface area (Å²) < 4.78 is 0. The van der Waals surface area contributed by atoms with E-state index in [1.165, 1.54) is 32.1 Å². The van der Waals surface area contributed by atoms with Gasteiger partial charge in [-0.2, -0.15) is 4.98 Å². The van der Waals surface area contributed by atoms with Crippen LogP contribution in [0.25, 0.3) is 0 Å². The van der Waals surface area contributed by atoms with Crippen molar-refractivity contribution in [1.29, 1.82) is 0 Å². The van der Waals surface area contributed by atoms with Crippen LogP contribution in [0.15, 0.2) is 6.07 Å². The second-order valence-electron chi connectivity index (χ2n) is 5.83. The van der Waals surface area contributed by atoms with Gasteiger partial charge in [-0.3, -0.25) is 0 Å². The van der Waals surface area contributed by atoms with Crippen molar-refractivity contribution in [2.45, 2.75) is 58.4 Å². The van der Waals surface area contributed by atoms with E-state index in [1.807, 2.05) is 13.0 Å². The first-order valence-corrected chi connectivity index (χ1v) is 8.21. The molecule has 118 valence electrons. The summed E-state index contributed by atoms with van der Waals surface area (Å²) >= 11 is 0. The van der Waals surface area contributed by atoms with Crippen LogP contribution in [0.4, 0.5) is 11.8 Å². The molecule has 0 aliphatic heterocycles. The zero-order valence-electron chi connectivity index (χ0n) is 13.3. The van der Waals surface area contributed by atoms with Crippen LogP contribution in [-0.4, -0.2) is 40.8 Å². The third-order valence-corrected chi connectivity index (χ3v) is 4.02. The molecule has 1 aromatic rings. The number of nitrogens with zero attached hydrogens (tertiary/aromatic N) is 3. The molecule has 0 unspecified atom stereocenters. The maximum Gasteiger partial charge on any atom is 0.224 e. The highest BCUT2D eigenvalue weighted by atomic mass is 16.3. The molecule has 2 N–H and O–H groups in total. The zero-order valence-corrected chi connectivity index (χ0v) is 13.3. The fourth-order valence-corrected chi connectivity index (χ4v) is 3.00. The lowest BCUT2D eigenvalue weighted by molar-refractivity contribution is 0.289. The summed E-state index contributed by atoms with van der Waals surface area (Å²) in [6, 6.07) is 2.53. The van der Waals surface area contributed by atoms with E-state index < -0.39 is 0 Å². The first-order chi connectivity index (χ1) is 10.2. The minimum atomic E-state index is 0.164. The van der Waals surface area contributed by atoms with E-state index in [2.05, 4.69) is 27.1 Å². The Morgan fingerprint density at radius 1 is 1.29 bits per heavy atom. The topological polar surface area (TPSA) is 61.3 Å². The number of hydrogen-bond donors (Lipinski definition) is 2. The van der Waals surface area contributed by atoms with Crippen molar-refractivity contribution in [3.05, 3.63) is 11.8 Å². The van der Waals surface area contributed by atoms with Gasteiger partial charge in [0, 0.05) is 30.9 Å². The molecule has 0 spiro atoms. The molecule has 0 atom stereocenters. The molecule has 1 saturated carbocycles. The number of aliphatic hydroxyl groups excluding tert-OH is 1. The summed E-state index contributed by atoms with van der Waals surface area (Å²) in [5.41, 5.74) is 0.970. The predicted molar refractivity (Wildman–Crippen MR) is 86.9 cm³/mol. The fourth-order valence-electron chi connectivity index (χ4n) is 3.00. The van der Waals surface area contributed by atoms with Crippen LogP contribution in [0.1, 0.15) is 51.1 Å². The average Bonchev–Trinajstić information content (AvgIpc) is 2.51. The average molecular weight is 292 g/mol. The van der Waals surface area contributed by atoms with E-state index in [1.54, 1.807) is 0 Å². The Labute approximate surface area is 127 Å². The van der Waals surface area contributed by atoms with Gasteiger partial charge in [-0.25, -0.2) is 4.98 Å². The van der Waals surface area contributed by atoms with E-state index in [9.17, 15) is 5.11 Å². The number of anilines is 2. The van der Waals surface area contributed by atoms with Crippen LogP contribution >= 0.6 is 0 Å². The number of aryl methyl sites for hydroxylation is 1. The molecule has 1 heterocycles. The van der Waals surface area contributed by atoms with Crippen molar-refractivity contribution in [2.24, 2.45) is 0 Å². The molecule has 21 heavy (non-hydrogen) atoms. The second kappa shape index (κ2) is 8.17. The minimum absolute atomic E-state index is 0.164. The lowest BCUT2D eigenvalue weighted by atomic mass is 9.94. The summed E-state index contributed by atoms with van der Waals surface area (Å²) in [4.78, 5) is 11.4. The molecule has 0 bridgehead atoms. The molecule has 1 aliphatic carbocycles. The summed E-state index contributed by atoms with van der Waals surface area (Å²) in [6.07, 6.45) is 7.32. The summed E-state index contributed by atoms with van der Waals surface area (Å²) in [5.74, 6) is 1.65. The Hall–Kier alpha value is -1.36. The molecule has 5 nitrogen and oxygen atoms in total. The van der Waals surface area contributed by atoms with Crippen LogP contribution < -0.4 is 10.2 Å². The third-order valence-electron chi connectivity index (χ3n) is 4.02. The molecule has 1 fully saturated rings. The number of aromatic nitrogens is 2. The van der Waals surface area contributed by atoms with E-state index in [-0.39, 0.29) is 6.61 Å². The van der Waals surface area contributed by atoms with Gasteiger partial charge in [0.25, 0.3) is 0 Å². The van der Waals surface area contributed by atoms with Crippen LogP contribution in [-0.2, 0) is 0 Å². The van der Waals surface area contributed by atoms with Crippen molar-refractivity contribution < 1.29 is 5.11 Å². The Morgan fingerprint density at radius 2 is 2.05 bits per heavy atom. The Morgan fingerprint density at radius 3 is 2.71 bits per heavy atom. The first-order valence-electron chi connectivity index (χ1n) is 8.21. The van der Waals surface area contributed by atoms with Gasteiger partial charge in [-0.1, -0.05) is 26.2 Å². The van der Waals surface area contributed by atoms with Crippen molar-refractivity contribution >= 4 is 11.8 Å². The molecule has 0 saturated heterocycles. The molecule has 0 radical (unpaired) electrons. The van der Waals surface area contributed by atoms with Gasteiger partial charge in [-0.05, 0) is 26.2 Å². The molecule has 5 heteroatoms. The zero-order chi connectivity index (χ0) is 15.1. The highest BCUT2D eigenvalue weighted by Gasteiger charge is 2.22. The van der Waals surface area contributed by atoms with Crippen LogP contribution in [0.5, 0.6) is 0 Å². The van der Waals surface area contributed by atoms with Gasteiger partial charge in [0.2, 0.25) is 5.95 Å². The van der Waals surface area contributed by atoms with Crippen molar-refractivity contribution in [1.82, 2.24) is 9.97 Å². The molecule has 1 aromatic heterocycles. The van der Waals surface area contributed by atoms with E-state index in [0.29, 0.717) is 18.5 Å². The quantitative estimate of drug-likeness (QED) is 0.809. The smallest absolute Gasteiger partial charge is 0.224 e. The highest BCUT2D eigenvalue weighted by Crippen LogP contribution is 2.27. The maximum absolute atomic E-state index is 9.41. The third kappa shape index (κ3) is 4.56. The van der Waals surface area contributed by atoms with E-state index in [0.717, 1.165) is 24.5 Å². The Kier molecular flexibility index (Phi) is 6.23. The fraction of sp³-hybridized carbons (Fsp3) is 0.750. The standard InChI is InChI=1S/C16H28N4O/c1-3-9-17-16-18-13(2)12-15(19-16)20(10-11-21)14-7-5-4-6-8-14/h12,14,21H,3-11H2,1-2H3,(H,17,18,19). The highest BCUT2D eigenvalue weighted by molar-refractivity contribution is 5.45. The number of aliphatic hydroxyl groups is 1. The Balaban J connectivity index is 2.19. The maximum atomic E-state index is 9.41. The van der Waals surface area contributed by atoms with Gasteiger partial charge in [-0.15, -0.1) is 0 Å². The summed E-state index contributed by atoms with van der Waals surface area (Å²) in [6.45, 7) is 5.82. The van der Waals surface area contributed by atoms with Crippen LogP contribution in [0.2, 0.25) is 0 Å². The molecular formula is C16H28N4O. The molecular weight excluding hydrogens is 264 g/mol. The summed E-state index contributed by atoms with van der Waals surface area (Å²) in [5, 5.41) is 12.7. The van der Waals surface area contributed by atoms with Crippen molar-refractivity contribution in [2.75, 3.05) is 29.9 Å². The van der Waals surface area contributed by atoms with Crippen LogP contribution in [0.3, 0.4) is 0 Å². The molecule has 0 aromatic carbocycles. The molecule has 0 amide bonds. The monoisotopic (exact) mass is 292 g/mol. The first kappa shape index (κ1) is 16.0. The van der Waals surface area contributed by atoms with Crippen molar-refractivity contribution in [3.63, 3.8) is 0 Å². The number of rotatable bonds is 7. The lowest BCUT2D eigenvalue weighted by Gasteiger charge is -2.35. The van der Waals surface area contributed by atoms with Gasteiger partial charge >= 0.3 is 0 Å². The summed E-state index contributed by atoms with van der Waals surface area (Å²) in [7, 11) is 0. The van der Waals surface area contributed by atoms with Crippen LogP contribution in [0, 0.1) is 6.92 Å². The number of nitrogens with one attached hydrogen (secondary N) is 1. The predicted octanol–water partition coefficient (Wildman–Crippen LogP) is 2.74. The molecule has 1 aliphatic rings. The second-order valence-corrected chi connectivity index (χ2v) is 5.83. The van der Waals surface area contributed by atoms with Gasteiger partial charge in [0.15, 0.2) is 0 Å². The largest absolute Gasteiger partial charge is 0.395 e. The minimum Gasteiger partial charge on any atom is -0.395 e. The van der Waals surface area contributed by atoms with E-state index in [4.69, 9.17) is 0 Å². The van der Waals surface area contributed by atoms with E-state index >= 15 is 0 Å².